The first-order valence-electron chi connectivity index (χ1n) is 6.87. The normalized spacial score (nSPS) is 12.2. The van der Waals surface area contributed by atoms with E-state index in [2.05, 4.69) is 31.3 Å². The number of hydrogen-bond donors (Lipinski definition) is 2. The molecular formula is C17H20ClNO2. The van der Waals surface area contributed by atoms with Gasteiger partial charge in [-0.1, -0.05) is 35.9 Å². The third-order valence-corrected chi connectivity index (χ3v) is 3.81. The summed E-state index contributed by atoms with van der Waals surface area (Å²) in [4.78, 5) is 0. The Morgan fingerprint density at radius 3 is 2.67 bits per heavy atom. The Morgan fingerprint density at radius 1 is 1.29 bits per heavy atom. The minimum absolute atomic E-state index is 0.131. The molecule has 0 amide bonds. The van der Waals surface area contributed by atoms with Gasteiger partial charge in [0.15, 0.2) is 11.5 Å². The number of ether oxygens (including phenoxy) is 1. The van der Waals surface area contributed by atoms with Gasteiger partial charge < -0.3 is 15.2 Å². The van der Waals surface area contributed by atoms with Gasteiger partial charge in [-0.15, -0.1) is 0 Å². The third-order valence-electron chi connectivity index (χ3n) is 3.59. The molecule has 0 spiro atoms. The number of halogens is 1. The average molecular weight is 306 g/mol. The van der Waals surface area contributed by atoms with Crippen LogP contribution in [-0.4, -0.2) is 12.2 Å². The minimum atomic E-state index is 0.131. The summed E-state index contributed by atoms with van der Waals surface area (Å²) in [6.07, 6.45) is 0. The molecule has 21 heavy (non-hydrogen) atoms. The van der Waals surface area contributed by atoms with Crippen molar-refractivity contribution in [2.24, 2.45) is 0 Å². The lowest BCUT2D eigenvalue weighted by Gasteiger charge is -2.17. The standard InChI is InChI=1S/C17H20ClNO2/c1-11-6-4-5-7-15(11)12(2)19-10-13-8-14(18)9-16(21-3)17(13)20/h4-9,12,19-20H,10H2,1-3H3/t12-/m1/s1. The van der Waals surface area contributed by atoms with Gasteiger partial charge in [-0.25, -0.2) is 0 Å². The molecule has 0 aliphatic heterocycles. The Hall–Kier alpha value is -1.71. The van der Waals surface area contributed by atoms with E-state index >= 15 is 0 Å². The molecule has 3 nitrogen and oxygen atoms in total. The quantitative estimate of drug-likeness (QED) is 0.869. The van der Waals surface area contributed by atoms with E-state index in [1.165, 1.54) is 18.2 Å². The van der Waals surface area contributed by atoms with Crippen molar-refractivity contribution in [3.63, 3.8) is 0 Å². The van der Waals surface area contributed by atoms with Gasteiger partial charge in [-0.05, 0) is 31.0 Å². The maximum Gasteiger partial charge on any atom is 0.162 e. The second-order valence-corrected chi connectivity index (χ2v) is 5.51. The van der Waals surface area contributed by atoms with E-state index < -0.39 is 0 Å². The lowest BCUT2D eigenvalue weighted by atomic mass is 10.0. The van der Waals surface area contributed by atoms with Crippen LogP contribution in [0.4, 0.5) is 0 Å². The Balaban J connectivity index is 2.13. The van der Waals surface area contributed by atoms with Gasteiger partial charge in [-0.2, -0.15) is 0 Å². The molecule has 2 N–H and O–H groups in total. The summed E-state index contributed by atoms with van der Waals surface area (Å²) in [5.41, 5.74) is 3.20. The molecule has 2 aromatic rings. The molecular weight excluding hydrogens is 286 g/mol. The summed E-state index contributed by atoms with van der Waals surface area (Å²) in [5, 5.41) is 14.1. The van der Waals surface area contributed by atoms with Crippen LogP contribution in [-0.2, 0) is 6.54 Å². The van der Waals surface area contributed by atoms with Crippen molar-refractivity contribution in [2.45, 2.75) is 26.4 Å². The predicted molar refractivity (Wildman–Crippen MR) is 86.1 cm³/mol. The molecule has 4 heteroatoms. The largest absolute Gasteiger partial charge is 0.504 e. The van der Waals surface area contributed by atoms with E-state index in [4.69, 9.17) is 16.3 Å². The van der Waals surface area contributed by atoms with E-state index in [1.807, 2.05) is 12.1 Å². The van der Waals surface area contributed by atoms with E-state index in [0.717, 1.165) is 5.56 Å². The molecule has 2 rings (SSSR count). The number of aromatic hydroxyl groups is 1. The van der Waals surface area contributed by atoms with Crippen molar-refractivity contribution in [3.8, 4) is 11.5 Å². The molecule has 0 radical (unpaired) electrons. The molecule has 0 aliphatic rings. The van der Waals surface area contributed by atoms with E-state index in [-0.39, 0.29) is 11.8 Å². The fourth-order valence-electron chi connectivity index (χ4n) is 2.36. The highest BCUT2D eigenvalue weighted by molar-refractivity contribution is 6.30. The minimum Gasteiger partial charge on any atom is -0.504 e. The van der Waals surface area contributed by atoms with Gasteiger partial charge in [-0.3, -0.25) is 0 Å². The summed E-state index contributed by atoms with van der Waals surface area (Å²) in [6, 6.07) is 11.8. The van der Waals surface area contributed by atoms with Crippen LogP contribution in [0.25, 0.3) is 0 Å². The molecule has 0 aromatic heterocycles. The highest BCUT2D eigenvalue weighted by atomic mass is 35.5. The van der Waals surface area contributed by atoms with Crippen molar-refractivity contribution < 1.29 is 9.84 Å². The molecule has 0 fully saturated rings. The van der Waals surface area contributed by atoms with Crippen molar-refractivity contribution in [1.82, 2.24) is 5.32 Å². The Morgan fingerprint density at radius 2 is 2.00 bits per heavy atom. The topological polar surface area (TPSA) is 41.5 Å². The van der Waals surface area contributed by atoms with E-state index in [9.17, 15) is 5.11 Å². The van der Waals surface area contributed by atoms with Gasteiger partial charge in [0.25, 0.3) is 0 Å². The van der Waals surface area contributed by atoms with Crippen LogP contribution in [0.15, 0.2) is 36.4 Å². The monoisotopic (exact) mass is 305 g/mol. The summed E-state index contributed by atoms with van der Waals surface area (Å²) in [6.45, 7) is 4.70. The molecule has 2 aromatic carbocycles. The summed E-state index contributed by atoms with van der Waals surface area (Å²) < 4.78 is 5.11. The molecule has 0 saturated heterocycles. The van der Waals surface area contributed by atoms with Crippen LogP contribution in [0.1, 0.15) is 29.7 Å². The predicted octanol–water partition coefficient (Wildman–Crippen LogP) is 4.21. The highest BCUT2D eigenvalue weighted by Crippen LogP contribution is 2.33. The van der Waals surface area contributed by atoms with Gasteiger partial charge in [0.1, 0.15) is 0 Å². The second-order valence-electron chi connectivity index (χ2n) is 5.07. The van der Waals surface area contributed by atoms with Gasteiger partial charge in [0.05, 0.1) is 7.11 Å². The maximum absolute atomic E-state index is 10.1. The molecule has 112 valence electrons. The smallest absolute Gasteiger partial charge is 0.162 e. The fraction of sp³-hybridized carbons (Fsp3) is 0.294. The lowest BCUT2D eigenvalue weighted by molar-refractivity contribution is 0.369. The number of rotatable bonds is 5. The maximum atomic E-state index is 10.1. The molecule has 0 bridgehead atoms. The summed E-state index contributed by atoms with van der Waals surface area (Å²) >= 11 is 6.04. The number of aryl methyl sites for hydroxylation is 1. The van der Waals surface area contributed by atoms with Crippen LogP contribution in [0, 0.1) is 6.92 Å². The summed E-state index contributed by atoms with van der Waals surface area (Å²) in [5.74, 6) is 0.522. The number of hydrogen-bond acceptors (Lipinski definition) is 3. The van der Waals surface area contributed by atoms with E-state index in [0.29, 0.717) is 17.3 Å². The first kappa shape index (κ1) is 15.7. The van der Waals surface area contributed by atoms with Crippen LogP contribution >= 0.6 is 11.6 Å². The van der Waals surface area contributed by atoms with Gasteiger partial charge in [0, 0.05) is 29.2 Å². The second kappa shape index (κ2) is 6.83. The fourth-order valence-corrected chi connectivity index (χ4v) is 2.60. The number of phenolic OH excluding ortho intramolecular Hbond substituents is 1. The highest BCUT2D eigenvalue weighted by Gasteiger charge is 2.12. The number of methoxy groups -OCH3 is 1. The zero-order valence-corrected chi connectivity index (χ0v) is 13.2. The molecule has 1 atom stereocenters. The number of benzene rings is 2. The molecule has 0 unspecified atom stereocenters. The van der Waals surface area contributed by atoms with Crippen LogP contribution in [0.3, 0.4) is 0 Å². The summed E-state index contributed by atoms with van der Waals surface area (Å²) in [7, 11) is 1.51. The lowest BCUT2D eigenvalue weighted by Crippen LogP contribution is -2.19. The average Bonchev–Trinajstić information content (AvgIpc) is 2.47. The Bertz CT molecular complexity index is 628. The van der Waals surface area contributed by atoms with Crippen molar-refractivity contribution >= 4 is 11.6 Å². The number of nitrogens with one attached hydrogen (secondary N) is 1. The zero-order chi connectivity index (χ0) is 15.4. The van der Waals surface area contributed by atoms with E-state index in [1.54, 1.807) is 12.1 Å². The molecule has 0 saturated carbocycles. The Labute approximate surface area is 130 Å². The Kier molecular flexibility index (Phi) is 5.10. The molecule has 0 heterocycles. The van der Waals surface area contributed by atoms with Crippen molar-refractivity contribution in [3.05, 3.63) is 58.1 Å². The third kappa shape index (κ3) is 3.69. The van der Waals surface area contributed by atoms with Crippen LogP contribution < -0.4 is 10.1 Å². The SMILES string of the molecule is COc1cc(Cl)cc(CN[C@H](C)c2ccccc2C)c1O. The van der Waals surface area contributed by atoms with Gasteiger partial charge >= 0.3 is 0 Å². The first-order valence-corrected chi connectivity index (χ1v) is 7.25. The van der Waals surface area contributed by atoms with Crippen LogP contribution in [0.2, 0.25) is 5.02 Å². The van der Waals surface area contributed by atoms with Crippen molar-refractivity contribution in [2.75, 3.05) is 7.11 Å². The van der Waals surface area contributed by atoms with Crippen LogP contribution in [0.5, 0.6) is 11.5 Å². The number of phenols is 1. The zero-order valence-electron chi connectivity index (χ0n) is 12.5. The molecule has 0 aliphatic carbocycles. The first-order chi connectivity index (χ1) is 10.0. The van der Waals surface area contributed by atoms with Gasteiger partial charge in [0.2, 0.25) is 0 Å². The van der Waals surface area contributed by atoms with Crippen molar-refractivity contribution in [1.29, 1.82) is 0 Å².